The number of carbonyl (C=O) groups excluding carboxylic acids is 1. The van der Waals surface area contributed by atoms with E-state index in [-0.39, 0.29) is 18.2 Å². The third-order valence-corrected chi connectivity index (χ3v) is 4.68. The molecule has 1 fully saturated rings. The molecule has 5 heteroatoms. The monoisotopic (exact) mass is 319 g/mol. The zero-order valence-electron chi connectivity index (χ0n) is 14.0. The van der Waals surface area contributed by atoms with Crippen LogP contribution in [0.5, 0.6) is 5.75 Å². The van der Waals surface area contributed by atoms with Crippen LogP contribution < -0.4 is 4.74 Å². The number of benzene rings is 1. The van der Waals surface area contributed by atoms with E-state index in [1.165, 1.54) is 0 Å². The fourth-order valence-corrected chi connectivity index (χ4v) is 3.26. The third-order valence-electron chi connectivity index (χ3n) is 4.68. The molecule has 1 heterocycles. The zero-order chi connectivity index (χ0) is 17.0. The van der Waals surface area contributed by atoms with E-state index < -0.39 is 11.4 Å². The quantitative estimate of drug-likeness (QED) is 0.906. The van der Waals surface area contributed by atoms with E-state index in [9.17, 15) is 9.59 Å². The molecule has 0 unspecified atom stereocenters. The van der Waals surface area contributed by atoms with Crippen LogP contribution in [0.1, 0.15) is 38.7 Å². The van der Waals surface area contributed by atoms with Crippen molar-refractivity contribution in [1.29, 1.82) is 0 Å². The Labute approximate surface area is 137 Å². The maximum absolute atomic E-state index is 13.0. The highest BCUT2D eigenvalue weighted by atomic mass is 16.5. The Bertz CT molecular complexity index is 574. The van der Waals surface area contributed by atoms with Gasteiger partial charge in [0.25, 0.3) is 0 Å². The van der Waals surface area contributed by atoms with E-state index in [1.807, 2.05) is 43.0 Å². The van der Waals surface area contributed by atoms with Crippen molar-refractivity contribution in [3.8, 4) is 5.75 Å². The van der Waals surface area contributed by atoms with Gasteiger partial charge >= 0.3 is 5.97 Å². The number of nitrogens with zero attached hydrogens (tertiary/aromatic N) is 1. The van der Waals surface area contributed by atoms with Crippen LogP contribution in [-0.2, 0) is 15.0 Å². The van der Waals surface area contributed by atoms with Crippen LogP contribution in [0.25, 0.3) is 0 Å². The summed E-state index contributed by atoms with van der Waals surface area (Å²) in [6.07, 6.45) is 1.69. The zero-order valence-corrected chi connectivity index (χ0v) is 14.0. The predicted molar refractivity (Wildman–Crippen MR) is 87.6 cm³/mol. The molecule has 2 rings (SSSR count). The fraction of sp³-hybridized carbons (Fsp3) is 0.556. The molecule has 0 bridgehead atoms. The smallest absolute Gasteiger partial charge is 0.303 e. The molecule has 126 valence electrons. The van der Waals surface area contributed by atoms with Gasteiger partial charge in [-0.3, -0.25) is 9.59 Å². The largest absolute Gasteiger partial charge is 0.496 e. The molecule has 1 amide bonds. The molecule has 0 aromatic heterocycles. The van der Waals surface area contributed by atoms with Crippen molar-refractivity contribution in [1.82, 2.24) is 4.90 Å². The maximum Gasteiger partial charge on any atom is 0.303 e. The lowest BCUT2D eigenvalue weighted by Gasteiger charge is -2.37. The van der Waals surface area contributed by atoms with E-state index >= 15 is 0 Å². The molecule has 5 nitrogen and oxygen atoms in total. The van der Waals surface area contributed by atoms with Gasteiger partial charge in [0.2, 0.25) is 5.91 Å². The molecule has 0 atom stereocenters. The van der Waals surface area contributed by atoms with Gasteiger partial charge in [0.1, 0.15) is 5.75 Å². The summed E-state index contributed by atoms with van der Waals surface area (Å²) in [5.74, 6) is 0.192. The predicted octanol–water partition coefficient (Wildman–Crippen LogP) is 2.69. The van der Waals surface area contributed by atoms with Gasteiger partial charge in [-0.15, -0.1) is 0 Å². The number of rotatable bonds is 5. The van der Waals surface area contributed by atoms with Crippen molar-refractivity contribution < 1.29 is 19.4 Å². The molecule has 1 aliphatic heterocycles. The molecule has 0 radical (unpaired) electrons. The molecule has 23 heavy (non-hydrogen) atoms. The van der Waals surface area contributed by atoms with Crippen molar-refractivity contribution in [2.24, 2.45) is 5.92 Å². The molecule has 1 aromatic rings. The summed E-state index contributed by atoms with van der Waals surface area (Å²) in [5, 5.41) is 8.88. The Balaban J connectivity index is 2.09. The minimum Gasteiger partial charge on any atom is -0.496 e. The summed E-state index contributed by atoms with van der Waals surface area (Å²) < 4.78 is 5.39. The first-order valence-electron chi connectivity index (χ1n) is 8.01. The Morgan fingerprint density at radius 3 is 2.43 bits per heavy atom. The van der Waals surface area contributed by atoms with Crippen molar-refractivity contribution in [2.45, 2.75) is 38.5 Å². The van der Waals surface area contributed by atoms with Crippen LogP contribution in [-0.4, -0.2) is 42.1 Å². The summed E-state index contributed by atoms with van der Waals surface area (Å²) in [4.78, 5) is 25.6. The topological polar surface area (TPSA) is 66.8 Å². The average Bonchev–Trinajstić information content (AvgIpc) is 2.54. The SMILES string of the molecule is COc1ccccc1C(C)(C)C(=O)N1CCC(CC(=O)O)CC1. The second-order valence-electron chi connectivity index (χ2n) is 6.66. The second kappa shape index (κ2) is 7.02. The molecular weight excluding hydrogens is 294 g/mol. The van der Waals surface area contributed by atoms with Crippen LogP contribution in [0.2, 0.25) is 0 Å². The average molecular weight is 319 g/mol. The minimum atomic E-state index is -0.760. The highest BCUT2D eigenvalue weighted by molar-refractivity contribution is 5.88. The minimum absolute atomic E-state index is 0.0655. The number of carbonyl (C=O) groups is 2. The van der Waals surface area contributed by atoms with Crippen LogP contribution in [0.4, 0.5) is 0 Å². The van der Waals surface area contributed by atoms with Crippen molar-refractivity contribution in [3.05, 3.63) is 29.8 Å². The van der Waals surface area contributed by atoms with E-state index in [4.69, 9.17) is 9.84 Å². The lowest BCUT2D eigenvalue weighted by molar-refractivity contribution is -0.139. The van der Waals surface area contributed by atoms with Crippen LogP contribution >= 0.6 is 0 Å². The van der Waals surface area contributed by atoms with Gasteiger partial charge < -0.3 is 14.7 Å². The highest BCUT2D eigenvalue weighted by Gasteiger charge is 2.37. The lowest BCUT2D eigenvalue weighted by Crippen LogP contribution is -2.47. The third kappa shape index (κ3) is 3.84. The summed E-state index contributed by atoms with van der Waals surface area (Å²) >= 11 is 0. The number of methoxy groups -OCH3 is 1. The van der Waals surface area contributed by atoms with E-state index in [1.54, 1.807) is 7.11 Å². The first kappa shape index (κ1) is 17.3. The van der Waals surface area contributed by atoms with Crippen LogP contribution in [0, 0.1) is 5.92 Å². The maximum atomic E-state index is 13.0. The number of piperidine rings is 1. The highest BCUT2D eigenvalue weighted by Crippen LogP contribution is 2.34. The molecule has 0 saturated carbocycles. The molecule has 0 spiro atoms. The van der Waals surface area contributed by atoms with Gasteiger partial charge in [-0.1, -0.05) is 18.2 Å². The molecule has 1 aromatic carbocycles. The van der Waals surface area contributed by atoms with E-state index in [0.717, 1.165) is 18.4 Å². The van der Waals surface area contributed by atoms with E-state index in [2.05, 4.69) is 0 Å². The van der Waals surface area contributed by atoms with Gasteiger partial charge in [-0.25, -0.2) is 0 Å². The molecule has 1 saturated heterocycles. The fourth-order valence-electron chi connectivity index (χ4n) is 3.26. The molecule has 0 aliphatic carbocycles. The van der Waals surface area contributed by atoms with Gasteiger partial charge in [0.15, 0.2) is 0 Å². The van der Waals surface area contributed by atoms with E-state index in [0.29, 0.717) is 18.8 Å². The molecule has 1 N–H and O–H groups in total. The first-order chi connectivity index (χ1) is 10.9. The number of carboxylic acid groups (broad SMARTS) is 1. The molecular formula is C18H25NO4. The van der Waals surface area contributed by atoms with Gasteiger partial charge in [-0.2, -0.15) is 0 Å². The summed E-state index contributed by atoms with van der Waals surface area (Å²) in [5.41, 5.74) is 0.201. The first-order valence-corrected chi connectivity index (χ1v) is 8.01. The number of ether oxygens (including phenoxy) is 1. The molecule has 1 aliphatic rings. The normalized spacial score (nSPS) is 16.2. The second-order valence-corrected chi connectivity index (χ2v) is 6.66. The number of aliphatic carboxylic acids is 1. The van der Waals surface area contributed by atoms with Crippen molar-refractivity contribution in [3.63, 3.8) is 0 Å². The van der Waals surface area contributed by atoms with Crippen molar-refractivity contribution >= 4 is 11.9 Å². The van der Waals surface area contributed by atoms with Gasteiger partial charge in [-0.05, 0) is 38.7 Å². The Kier molecular flexibility index (Phi) is 5.29. The Hall–Kier alpha value is -2.04. The number of amides is 1. The Morgan fingerprint density at radius 1 is 1.26 bits per heavy atom. The van der Waals surface area contributed by atoms with Gasteiger partial charge in [0, 0.05) is 25.1 Å². The lowest BCUT2D eigenvalue weighted by atomic mass is 9.81. The standard InChI is InChI=1S/C18H25NO4/c1-18(2,14-6-4-5-7-15(14)23-3)17(22)19-10-8-13(9-11-19)12-16(20)21/h4-7,13H,8-12H2,1-3H3,(H,20,21). The van der Waals surface area contributed by atoms with Crippen LogP contribution in [0.15, 0.2) is 24.3 Å². The number of likely N-dealkylation sites (tertiary alicyclic amines) is 1. The van der Waals surface area contributed by atoms with Crippen LogP contribution in [0.3, 0.4) is 0 Å². The number of para-hydroxylation sites is 1. The number of carboxylic acids is 1. The number of hydrogen-bond donors (Lipinski definition) is 1. The summed E-state index contributed by atoms with van der Waals surface area (Å²) in [6.45, 7) is 5.07. The van der Waals surface area contributed by atoms with Crippen molar-refractivity contribution in [2.75, 3.05) is 20.2 Å². The summed E-state index contributed by atoms with van der Waals surface area (Å²) in [7, 11) is 1.61. The van der Waals surface area contributed by atoms with Gasteiger partial charge in [0.05, 0.1) is 12.5 Å². The summed E-state index contributed by atoms with van der Waals surface area (Å²) in [6, 6.07) is 7.59. The Morgan fingerprint density at radius 2 is 1.87 bits per heavy atom. The number of hydrogen-bond acceptors (Lipinski definition) is 3.